The summed E-state index contributed by atoms with van der Waals surface area (Å²) in [4.78, 5) is 12.0. The zero-order valence-electron chi connectivity index (χ0n) is 10.0. The first-order valence-corrected chi connectivity index (χ1v) is 6.95. The SMILES string of the molecule is Cc1ccc(NC(=O)c2ccc(F)cc2Cl)cc1I. The average molecular weight is 390 g/mol. The lowest BCUT2D eigenvalue weighted by atomic mass is 10.2. The quantitative estimate of drug-likeness (QED) is 0.745. The lowest BCUT2D eigenvalue weighted by Gasteiger charge is -2.08. The largest absolute Gasteiger partial charge is 0.322 e. The monoisotopic (exact) mass is 389 g/mol. The molecule has 5 heteroatoms. The number of aryl methyl sites for hydroxylation is 1. The van der Waals surface area contributed by atoms with Crippen molar-refractivity contribution in [3.05, 3.63) is 61.9 Å². The van der Waals surface area contributed by atoms with Gasteiger partial charge in [-0.1, -0.05) is 17.7 Å². The van der Waals surface area contributed by atoms with Crippen molar-refractivity contribution in [3.8, 4) is 0 Å². The maximum Gasteiger partial charge on any atom is 0.257 e. The van der Waals surface area contributed by atoms with Gasteiger partial charge in [-0.15, -0.1) is 0 Å². The normalized spacial score (nSPS) is 10.3. The number of carbonyl (C=O) groups excluding carboxylic acids is 1. The Morgan fingerprint density at radius 2 is 2.00 bits per heavy atom. The van der Waals surface area contributed by atoms with Crippen molar-refractivity contribution in [2.75, 3.05) is 5.32 Å². The number of carbonyl (C=O) groups is 1. The molecule has 1 N–H and O–H groups in total. The Bertz CT molecular complexity index is 645. The fourth-order valence-electron chi connectivity index (χ4n) is 1.54. The third-order valence-electron chi connectivity index (χ3n) is 2.61. The van der Waals surface area contributed by atoms with Gasteiger partial charge in [0, 0.05) is 9.26 Å². The molecule has 0 saturated heterocycles. The molecule has 0 heterocycles. The molecule has 1 amide bonds. The summed E-state index contributed by atoms with van der Waals surface area (Å²) in [7, 11) is 0. The molecule has 0 fully saturated rings. The van der Waals surface area contributed by atoms with E-state index in [1.807, 2.05) is 25.1 Å². The Morgan fingerprint density at radius 1 is 1.26 bits per heavy atom. The van der Waals surface area contributed by atoms with Crippen LogP contribution >= 0.6 is 34.2 Å². The van der Waals surface area contributed by atoms with E-state index in [1.165, 1.54) is 12.1 Å². The topological polar surface area (TPSA) is 29.1 Å². The highest BCUT2D eigenvalue weighted by Crippen LogP contribution is 2.21. The highest BCUT2D eigenvalue weighted by atomic mass is 127. The number of amides is 1. The number of hydrogen-bond acceptors (Lipinski definition) is 1. The lowest BCUT2D eigenvalue weighted by Crippen LogP contribution is -2.12. The van der Waals surface area contributed by atoms with E-state index in [0.29, 0.717) is 5.69 Å². The minimum atomic E-state index is -0.466. The first-order chi connectivity index (χ1) is 8.97. The molecule has 0 bridgehead atoms. The molecule has 0 aliphatic carbocycles. The highest BCUT2D eigenvalue weighted by molar-refractivity contribution is 14.1. The van der Waals surface area contributed by atoms with Gasteiger partial charge in [0.25, 0.3) is 5.91 Å². The van der Waals surface area contributed by atoms with Crippen LogP contribution in [0.5, 0.6) is 0 Å². The first kappa shape index (κ1) is 14.3. The predicted octanol–water partition coefficient (Wildman–Crippen LogP) is 4.64. The summed E-state index contributed by atoms with van der Waals surface area (Å²) in [6.07, 6.45) is 0. The zero-order chi connectivity index (χ0) is 14.0. The molecule has 0 unspecified atom stereocenters. The Hall–Kier alpha value is -1.14. The van der Waals surface area contributed by atoms with Gasteiger partial charge in [0.1, 0.15) is 5.82 Å². The fraction of sp³-hybridized carbons (Fsp3) is 0.0714. The molecule has 2 nitrogen and oxygen atoms in total. The van der Waals surface area contributed by atoms with Crippen molar-refractivity contribution >= 4 is 45.8 Å². The second-order valence-corrected chi connectivity index (χ2v) is 5.61. The molecule has 98 valence electrons. The molecule has 0 radical (unpaired) electrons. The molecule has 0 saturated carbocycles. The number of anilines is 1. The fourth-order valence-corrected chi connectivity index (χ4v) is 2.31. The van der Waals surface area contributed by atoms with E-state index in [0.717, 1.165) is 15.2 Å². The van der Waals surface area contributed by atoms with Gasteiger partial charge in [0.05, 0.1) is 10.6 Å². The molecule has 2 rings (SSSR count). The van der Waals surface area contributed by atoms with E-state index in [-0.39, 0.29) is 16.5 Å². The second kappa shape index (κ2) is 5.88. The van der Waals surface area contributed by atoms with Crippen molar-refractivity contribution < 1.29 is 9.18 Å². The minimum absolute atomic E-state index is 0.0966. The summed E-state index contributed by atoms with van der Waals surface area (Å²) < 4.78 is 14.0. The van der Waals surface area contributed by atoms with E-state index in [2.05, 4.69) is 27.9 Å². The van der Waals surface area contributed by atoms with Crippen LogP contribution in [0.1, 0.15) is 15.9 Å². The van der Waals surface area contributed by atoms with Crippen LogP contribution in [0.2, 0.25) is 5.02 Å². The summed E-state index contributed by atoms with van der Waals surface area (Å²) in [5.41, 5.74) is 2.07. The van der Waals surface area contributed by atoms with Crippen LogP contribution in [0.3, 0.4) is 0 Å². The van der Waals surface area contributed by atoms with Gasteiger partial charge >= 0.3 is 0 Å². The van der Waals surface area contributed by atoms with Crippen molar-refractivity contribution in [3.63, 3.8) is 0 Å². The van der Waals surface area contributed by atoms with Crippen LogP contribution in [0, 0.1) is 16.3 Å². The lowest BCUT2D eigenvalue weighted by molar-refractivity contribution is 0.102. The second-order valence-electron chi connectivity index (χ2n) is 4.04. The standard InChI is InChI=1S/C14H10ClFINO/c1-8-2-4-10(7-13(8)17)18-14(19)11-5-3-9(16)6-12(11)15/h2-7H,1H3,(H,18,19). The van der Waals surface area contributed by atoms with E-state index in [9.17, 15) is 9.18 Å². The van der Waals surface area contributed by atoms with Crippen LogP contribution in [0.25, 0.3) is 0 Å². The summed E-state index contributed by atoms with van der Waals surface area (Å²) in [6, 6.07) is 9.29. The molecule has 0 aliphatic heterocycles. The third-order valence-corrected chi connectivity index (χ3v) is 4.08. The number of hydrogen-bond donors (Lipinski definition) is 1. The van der Waals surface area contributed by atoms with Gasteiger partial charge in [-0.25, -0.2) is 4.39 Å². The Kier molecular flexibility index (Phi) is 4.42. The van der Waals surface area contributed by atoms with Crippen LogP contribution in [-0.2, 0) is 0 Å². The van der Waals surface area contributed by atoms with Gasteiger partial charge in [-0.2, -0.15) is 0 Å². The summed E-state index contributed by atoms with van der Waals surface area (Å²) >= 11 is 8.04. The number of benzene rings is 2. The van der Waals surface area contributed by atoms with Crippen molar-refractivity contribution in [1.29, 1.82) is 0 Å². The van der Waals surface area contributed by atoms with Crippen LogP contribution in [0.4, 0.5) is 10.1 Å². The Morgan fingerprint density at radius 3 is 2.63 bits per heavy atom. The van der Waals surface area contributed by atoms with E-state index < -0.39 is 5.82 Å². The van der Waals surface area contributed by atoms with Crippen molar-refractivity contribution in [2.45, 2.75) is 6.92 Å². The molecule has 2 aromatic rings. The summed E-state index contributed by atoms with van der Waals surface area (Å²) in [5.74, 6) is -0.823. The van der Waals surface area contributed by atoms with E-state index in [1.54, 1.807) is 0 Å². The molecular weight excluding hydrogens is 380 g/mol. The van der Waals surface area contributed by atoms with Crippen LogP contribution in [0.15, 0.2) is 36.4 Å². The first-order valence-electron chi connectivity index (χ1n) is 5.50. The average Bonchev–Trinajstić information content (AvgIpc) is 2.33. The summed E-state index contributed by atoms with van der Waals surface area (Å²) in [5, 5.41) is 2.83. The maximum atomic E-state index is 12.9. The molecule has 0 aliphatic rings. The molecule has 0 atom stereocenters. The smallest absolute Gasteiger partial charge is 0.257 e. The molecule has 2 aromatic carbocycles. The predicted molar refractivity (Wildman–Crippen MR) is 83.3 cm³/mol. The maximum absolute atomic E-state index is 12.9. The van der Waals surface area contributed by atoms with E-state index in [4.69, 9.17) is 11.6 Å². The zero-order valence-corrected chi connectivity index (χ0v) is 12.9. The van der Waals surface area contributed by atoms with Gasteiger partial charge < -0.3 is 5.32 Å². The van der Waals surface area contributed by atoms with Gasteiger partial charge in [-0.3, -0.25) is 4.79 Å². The van der Waals surface area contributed by atoms with Crippen molar-refractivity contribution in [1.82, 2.24) is 0 Å². The third kappa shape index (κ3) is 3.45. The highest BCUT2D eigenvalue weighted by Gasteiger charge is 2.11. The van der Waals surface area contributed by atoms with Crippen molar-refractivity contribution in [2.24, 2.45) is 0 Å². The molecular formula is C14H10ClFINO. The number of rotatable bonds is 2. The van der Waals surface area contributed by atoms with Crippen LogP contribution < -0.4 is 5.32 Å². The number of nitrogens with one attached hydrogen (secondary N) is 1. The number of halogens is 3. The molecule has 0 aromatic heterocycles. The molecule has 0 spiro atoms. The van der Waals surface area contributed by atoms with Gasteiger partial charge in [0.2, 0.25) is 0 Å². The summed E-state index contributed by atoms with van der Waals surface area (Å²) in [6.45, 7) is 1.99. The molecule has 19 heavy (non-hydrogen) atoms. The Labute approximate surface area is 129 Å². The van der Waals surface area contributed by atoms with Crippen LogP contribution in [-0.4, -0.2) is 5.91 Å². The van der Waals surface area contributed by atoms with Gasteiger partial charge in [-0.05, 0) is 65.4 Å². The Balaban J connectivity index is 2.23. The minimum Gasteiger partial charge on any atom is -0.322 e. The van der Waals surface area contributed by atoms with Gasteiger partial charge in [0.15, 0.2) is 0 Å². The van der Waals surface area contributed by atoms with E-state index >= 15 is 0 Å².